The van der Waals surface area contributed by atoms with E-state index in [2.05, 4.69) is 4.74 Å². The molecule has 3 rings (SSSR count). The van der Waals surface area contributed by atoms with Crippen LogP contribution in [0, 0.1) is 17.5 Å². The molecule has 0 aliphatic carbocycles. The van der Waals surface area contributed by atoms with Crippen molar-refractivity contribution in [1.82, 2.24) is 0 Å². The van der Waals surface area contributed by atoms with E-state index in [9.17, 15) is 34.8 Å². The number of halogens is 4. The quantitative estimate of drug-likeness (QED) is 0.302. The van der Waals surface area contributed by atoms with Gasteiger partial charge in [-0.1, -0.05) is 17.7 Å². The van der Waals surface area contributed by atoms with Crippen molar-refractivity contribution in [3.05, 3.63) is 94.3 Å². The third kappa shape index (κ3) is 6.86. The first-order valence-electron chi connectivity index (χ1n) is 11.1. The minimum atomic E-state index is -4.59. The second-order valence-corrected chi connectivity index (χ2v) is 12.7. The smallest absolute Gasteiger partial charge is 0.306 e. The van der Waals surface area contributed by atoms with Crippen LogP contribution < -0.4 is 4.31 Å². The molecular formula is C25H23ClF3NO6S2. The van der Waals surface area contributed by atoms with E-state index in [-0.39, 0.29) is 21.0 Å². The van der Waals surface area contributed by atoms with Gasteiger partial charge in [0, 0.05) is 11.1 Å². The van der Waals surface area contributed by atoms with Crippen molar-refractivity contribution in [3.8, 4) is 0 Å². The van der Waals surface area contributed by atoms with Gasteiger partial charge in [0.1, 0.15) is 17.5 Å². The topological polar surface area (TPSA) is 97.8 Å². The molecule has 1 unspecified atom stereocenters. The molecule has 1 atom stereocenters. The summed E-state index contributed by atoms with van der Waals surface area (Å²) in [6.07, 6.45) is -0.440. The number of rotatable bonds is 10. The minimum absolute atomic E-state index is 0.0224. The maximum atomic E-state index is 15.0. The van der Waals surface area contributed by atoms with Gasteiger partial charge >= 0.3 is 5.97 Å². The Labute approximate surface area is 223 Å². The molecule has 0 heterocycles. The van der Waals surface area contributed by atoms with E-state index in [0.717, 1.165) is 31.4 Å². The lowest BCUT2D eigenvalue weighted by atomic mass is 10.0. The number of anilines is 1. The summed E-state index contributed by atoms with van der Waals surface area (Å²) in [5, 5.41) is 0.235. The zero-order valence-corrected chi connectivity index (χ0v) is 22.6. The first kappa shape index (κ1) is 29.5. The minimum Gasteiger partial charge on any atom is -0.469 e. The Balaban J connectivity index is 2.16. The van der Waals surface area contributed by atoms with Crippen LogP contribution >= 0.6 is 11.6 Å². The second-order valence-electron chi connectivity index (χ2n) is 8.29. The molecule has 3 aromatic carbocycles. The fourth-order valence-electron chi connectivity index (χ4n) is 3.80. The number of carbonyl (C=O) groups is 1. The molecule has 0 amide bonds. The zero-order valence-electron chi connectivity index (χ0n) is 20.2. The first-order valence-corrected chi connectivity index (χ1v) is 14.7. The van der Waals surface area contributed by atoms with Crippen molar-refractivity contribution in [3.63, 3.8) is 0 Å². The van der Waals surface area contributed by atoms with Crippen LogP contribution in [-0.2, 0) is 35.1 Å². The van der Waals surface area contributed by atoms with Crippen LogP contribution in [-0.4, -0.2) is 35.7 Å². The molecule has 0 aliphatic rings. The highest BCUT2D eigenvalue weighted by Gasteiger charge is 2.34. The Morgan fingerprint density at radius 1 is 0.947 bits per heavy atom. The highest BCUT2D eigenvalue weighted by molar-refractivity contribution is 7.92. The van der Waals surface area contributed by atoms with Crippen LogP contribution in [0.5, 0.6) is 0 Å². The van der Waals surface area contributed by atoms with Gasteiger partial charge in [-0.15, -0.1) is 0 Å². The summed E-state index contributed by atoms with van der Waals surface area (Å²) in [6, 6.07) is 8.96. The van der Waals surface area contributed by atoms with E-state index in [4.69, 9.17) is 11.6 Å². The zero-order chi connectivity index (χ0) is 28.3. The molecule has 0 N–H and O–H groups in total. The predicted molar refractivity (Wildman–Crippen MR) is 136 cm³/mol. The van der Waals surface area contributed by atoms with Gasteiger partial charge < -0.3 is 4.74 Å². The van der Waals surface area contributed by atoms with Crippen LogP contribution in [0.2, 0.25) is 5.02 Å². The molecule has 0 saturated carbocycles. The number of hydrogen-bond donors (Lipinski definition) is 0. The Hall–Kier alpha value is -3.09. The molecule has 0 aromatic heterocycles. The van der Waals surface area contributed by atoms with Gasteiger partial charge in [-0.3, -0.25) is 9.10 Å². The lowest BCUT2D eigenvalue weighted by Gasteiger charge is -2.32. The SMILES string of the molecule is COC(=O)CCS(=O)(=O)Cc1cc(F)ccc1C(C)N(c1cc(F)ccc1F)S(=O)(=O)c1ccc(Cl)cc1. The van der Waals surface area contributed by atoms with Gasteiger partial charge in [0.2, 0.25) is 0 Å². The Kier molecular flexibility index (Phi) is 9.11. The van der Waals surface area contributed by atoms with Crippen LogP contribution in [0.25, 0.3) is 0 Å². The Morgan fingerprint density at radius 3 is 2.18 bits per heavy atom. The van der Waals surface area contributed by atoms with Gasteiger partial charge in [0.15, 0.2) is 9.84 Å². The van der Waals surface area contributed by atoms with Crippen molar-refractivity contribution in [1.29, 1.82) is 0 Å². The Morgan fingerprint density at radius 2 is 1.55 bits per heavy atom. The standard InChI is InChI=1S/C25H23ClF3NO6S2/c1-16(22-9-5-19(27)13-17(22)15-37(32,33)12-11-25(31)36-2)30(24-14-20(28)6-10-23(24)29)38(34,35)21-7-3-18(26)4-8-21/h3-10,13-14,16H,11-12,15H2,1-2H3. The highest BCUT2D eigenvalue weighted by Crippen LogP contribution is 2.37. The maximum Gasteiger partial charge on any atom is 0.306 e. The summed E-state index contributed by atoms with van der Waals surface area (Å²) >= 11 is 5.88. The monoisotopic (exact) mass is 589 g/mol. The normalized spacial score (nSPS) is 12.7. The molecule has 38 heavy (non-hydrogen) atoms. The fraction of sp³-hybridized carbons (Fsp3) is 0.240. The van der Waals surface area contributed by atoms with Crippen molar-refractivity contribution in [2.24, 2.45) is 0 Å². The van der Waals surface area contributed by atoms with Crippen molar-refractivity contribution in [2.45, 2.75) is 30.0 Å². The van der Waals surface area contributed by atoms with E-state index in [1.165, 1.54) is 37.3 Å². The van der Waals surface area contributed by atoms with E-state index >= 15 is 0 Å². The summed E-state index contributed by atoms with van der Waals surface area (Å²) in [5.41, 5.74) is -0.735. The summed E-state index contributed by atoms with van der Waals surface area (Å²) in [5.74, 6) is -4.90. The summed E-state index contributed by atoms with van der Waals surface area (Å²) in [6.45, 7) is 1.33. The maximum absolute atomic E-state index is 15.0. The van der Waals surface area contributed by atoms with Gasteiger partial charge in [-0.2, -0.15) is 0 Å². The lowest BCUT2D eigenvalue weighted by molar-refractivity contribution is -0.140. The van der Waals surface area contributed by atoms with Gasteiger partial charge in [0.05, 0.1) is 41.7 Å². The van der Waals surface area contributed by atoms with Gasteiger partial charge in [0.25, 0.3) is 10.0 Å². The van der Waals surface area contributed by atoms with Gasteiger partial charge in [-0.25, -0.2) is 30.0 Å². The van der Waals surface area contributed by atoms with Crippen LogP contribution in [0.4, 0.5) is 18.9 Å². The lowest BCUT2D eigenvalue weighted by Crippen LogP contribution is -2.35. The third-order valence-corrected chi connectivity index (χ3v) is 9.37. The molecule has 0 saturated heterocycles. The number of carbonyl (C=O) groups excluding carboxylic acids is 1. The molecular weight excluding hydrogens is 567 g/mol. The third-order valence-electron chi connectivity index (χ3n) is 5.64. The predicted octanol–water partition coefficient (Wildman–Crippen LogP) is 5.19. The summed E-state index contributed by atoms with van der Waals surface area (Å²) in [4.78, 5) is 11.1. The number of nitrogens with zero attached hydrogens (tertiary/aromatic N) is 1. The highest BCUT2D eigenvalue weighted by atomic mass is 35.5. The largest absolute Gasteiger partial charge is 0.469 e. The second kappa shape index (κ2) is 11.7. The number of esters is 1. The van der Waals surface area contributed by atoms with Gasteiger partial charge in [-0.05, 0) is 66.6 Å². The molecule has 204 valence electrons. The molecule has 0 bridgehead atoms. The molecule has 0 radical (unpaired) electrons. The number of ether oxygens (including phenoxy) is 1. The fourth-order valence-corrected chi connectivity index (χ4v) is 6.91. The molecule has 7 nitrogen and oxygen atoms in total. The average Bonchev–Trinajstić information content (AvgIpc) is 2.84. The molecule has 0 fully saturated rings. The van der Waals surface area contributed by atoms with Crippen LogP contribution in [0.3, 0.4) is 0 Å². The van der Waals surface area contributed by atoms with Crippen molar-refractivity contribution in [2.75, 3.05) is 17.2 Å². The number of sulfone groups is 1. The van der Waals surface area contributed by atoms with Crippen molar-refractivity contribution >= 4 is 43.1 Å². The van der Waals surface area contributed by atoms with E-state index in [1.807, 2.05) is 0 Å². The summed E-state index contributed by atoms with van der Waals surface area (Å²) in [7, 11) is -7.48. The molecule has 0 spiro atoms. The average molecular weight is 590 g/mol. The number of methoxy groups -OCH3 is 1. The van der Waals surface area contributed by atoms with Crippen molar-refractivity contribution < 1.29 is 39.5 Å². The van der Waals surface area contributed by atoms with E-state index < -0.39 is 72.9 Å². The van der Waals surface area contributed by atoms with E-state index in [1.54, 1.807) is 0 Å². The van der Waals surface area contributed by atoms with Crippen LogP contribution in [0.1, 0.15) is 30.5 Å². The number of hydrogen-bond acceptors (Lipinski definition) is 6. The molecule has 0 aliphatic heterocycles. The summed E-state index contributed by atoms with van der Waals surface area (Å²) < 4.78 is 101. The first-order chi connectivity index (χ1) is 17.7. The van der Waals surface area contributed by atoms with Crippen LogP contribution in [0.15, 0.2) is 65.6 Å². The number of sulfonamides is 1. The Bertz CT molecular complexity index is 1550. The molecule has 13 heteroatoms. The number of benzene rings is 3. The van der Waals surface area contributed by atoms with E-state index in [0.29, 0.717) is 10.4 Å². The molecule has 3 aromatic rings.